The lowest BCUT2D eigenvalue weighted by Gasteiger charge is -2.37. The summed E-state index contributed by atoms with van der Waals surface area (Å²) in [6, 6.07) is 3.88. The first-order valence-corrected chi connectivity index (χ1v) is 8.97. The van der Waals surface area contributed by atoms with Crippen molar-refractivity contribution in [1.82, 2.24) is 20.1 Å². The monoisotopic (exact) mass is 342 g/mol. The van der Waals surface area contributed by atoms with E-state index in [-0.39, 0.29) is 11.9 Å². The summed E-state index contributed by atoms with van der Waals surface area (Å²) in [6.07, 6.45) is 7.68. The van der Waals surface area contributed by atoms with Gasteiger partial charge >= 0.3 is 6.03 Å². The number of nitrogens with one attached hydrogen (secondary N) is 1. The lowest BCUT2D eigenvalue weighted by atomic mass is 9.82. The van der Waals surface area contributed by atoms with Gasteiger partial charge in [0.05, 0.1) is 0 Å². The standard InChI is InChI=1S/C19H26N4O2/c1-2-7-21-19(25)23-10-5-16-11-18(24)22(9-6-17(16)14-23)13-15-4-3-8-20-12-15/h2-4,8,12,16-17H,1,5-7,9-11,13-14H2,(H,21,25). The van der Waals surface area contributed by atoms with Crippen LogP contribution in [0.2, 0.25) is 0 Å². The average molecular weight is 342 g/mol. The quantitative estimate of drug-likeness (QED) is 0.852. The molecule has 2 saturated heterocycles. The molecular formula is C19H26N4O2. The van der Waals surface area contributed by atoms with E-state index in [2.05, 4.69) is 16.9 Å². The molecule has 0 spiro atoms. The molecule has 6 heteroatoms. The van der Waals surface area contributed by atoms with Crippen LogP contribution in [0.4, 0.5) is 4.79 Å². The minimum atomic E-state index is -0.0267. The van der Waals surface area contributed by atoms with Gasteiger partial charge in [0.25, 0.3) is 0 Å². The predicted octanol–water partition coefficient (Wildman–Crippen LogP) is 2.04. The molecule has 3 heterocycles. The molecule has 134 valence electrons. The zero-order valence-electron chi connectivity index (χ0n) is 14.6. The largest absolute Gasteiger partial charge is 0.338 e. The van der Waals surface area contributed by atoms with Crippen molar-refractivity contribution in [3.63, 3.8) is 0 Å². The van der Waals surface area contributed by atoms with Crippen LogP contribution in [-0.4, -0.2) is 52.9 Å². The Hall–Kier alpha value is -2.37. The molecule has 2 aliphatic rings. The highest BCUT2D eigenvalue weighted by Crippen LogP contribution is 2.32. The van der Waals surface area contributed by atoms with Crippen molar-refractivity contribution in [2.45, 2.75) is 25.8 Å². The topological polar surface area (TPSA) is 65.5 Å². The van der Waals surface area contributed by atoms with E-state index >= 15 is 0 Å². The first kappa shape index (κ1) is 17.5. The fourth-order valence-corrected chi connectivity index (χ4v) is 3.81. The Morgan fingerprint density at radius 1 is 1.36 bits per heavy atom. The number of rotatable bonds is 4. The van der Waals surface area contributed by atoms with Crippen LogP contribution in [0.3, 0.4) is 0 Å². The number of hydrogen-bond donors (Lipinski definition) is 1. The van der Waals surface area contributed by atoms with E-state index in [1.54, 1.807) is 12.3 Å². The molecule has 0 aromatic carbocycles. The van der Waals surface area contributed by atoms with E-state index in [0.717, 1.165) is 38.0 Å². The summed E-state index contributed by atoms with van der Waals surface area (Å²) < 4.78 is 0. The summed E-state index contributed by atoms with van der Waals surface area (Å²) in [5.41, 5.74) is 1.06. The Morgan fingerprint density at radius 3 is 2.96 bits per heavy atom. The van der Waals surface area contributed by atoms with Crippen LogP contribution in [0, 0.1) is 11.8 Å². The van der Waals surface area contributed by atoms with Crippen LogP contribution < -0.4 is 5.32 Å². The molecule has 1 aromatic rings. The van der Waals surface area contributed by atoms with Crippen LogP contribution >= 0.6 is 0 Å². The van der Waals surface area contributed by atoms with Crippen molar-refractivity contribution in [3.8, 4) is 0 Å². The van der Waals surface area contributed by atoms with Crippen LogP contribution in [0.15, 0.2) is 37.2 Å². The summed E-state index contributed by atoms with van der Waals surface area (Å²) >= 11 is 0. The van der Waals surface area contributed by atoms with Crippen LogP contribution in [-0.2, 0) is 11.3 Å². The summed E-state index contributed by atoms with van der Waals surface area (Å²) in [5.74, 6) is 1.00. The van der Waals surface area contributed by atoms with Gasteiger partial charge in [0.1, 0.15) is 0 Å². The number of piperidine rings is 1. The summed E-state index contributed by atoms with van der Waals surface area (Å²) in [5, 5.41) is 2.85. The Morgan fingerprint density at radius 2 is 2.20 bits per heavy atom. The van der Waals surface area contributed by atoms with Crippen molar-refractivity contribution in [2.24, 2.45) is 11.8 Å². The molecule has 2 atom stereocenters. The van der Waals surface area contributed by atoms with Crippen LogP contribution in [0.25, 0.3) is 0 Å². The van der Waals surface area contributed by atoms with Crippen molar-refractivity contribution < 1.29 is 9.59 Å². The molecule has 2 aliphatic heterocycles. The van der Waals surface area contributed by atoms with Gasteiger partial charge in [-0.15, -0.1) is 6.58 Å². The number of fused-ring (bicyclic) bond motifs is 1. The van der Waals surface area contributed by atoms with Gasteiger partial charge < -0.3 is 15.1 Å². The number of hydrogen-bond acceptors (Lipinski definition) is 3. The molecule has 0 aliphatic carbocycles. The third kappa shape index (κ3) is 4.38. The number of amides is 3. The third-order valence-electron chi connectivity index (χ3n) is 5.23. The Balaban J connectivity index is 1.60. The molecular weight excluding hydrogens is 316 g/mol. The molecule has 3 rings (SSSR count). The van der Waals surface area contributed by atoms with E-state index in [4.69, 9.17) is 0 Å². The summed E-state index contributed by atoms with van der Waals surface area (Å²) in [6.45, 7) is 6.94. The SMILES string of the molecule is C=CCNC(=O)N1CCC2CC(=O)N(Cc3cccnc3)CCC2C1. The van der Waals surface area contributed by atoms with Gasteiger partial charge in [0.2, 0.25) is 5.91 Å². The Kier molecular flexibility index (Phi) is 5.68. The van der Waals surface area contributed by atoms with Crippen molar-refractivity contribution >= 4 is 11.9 Å². The highest BCUT2D eigenvalue weighted by atomic mass is 16.2. The van der Waals surface area contributed by atoms with E-state index in [1.165, 1.54) is 0 Å². The normalized spacial score (nSPS) is 23.6. The number of pyridine rings is 1. The molecule has 1 N–H and O–H groups in total. The second kappa shape index (κ2) is 8.14. The zero-order chi connectivity index (χ0) is 17.6. The van der Waals surface area contributed by atoms with Gasteiger partial charge in [-0.05, 0) is 36.3 Å². The Labute approximate surface area is 148 Å². The Bertz CT molecular complexity index is 619. The fourth-order valence-electron chi connectivity index (χ4n) is 3.81. The lowest BCUT2D eigenvalue weighted by molar-refractivity contribution is -0.132. The van der Waals surface area contributed by atoms with Crippen LogP contribution in [0.1, 0.15) is 24.8 Å². The second-order valence-corrected chi connectivity index (χ2v) is 6.90. The molecule has 2 fully saturated rings. The summed E-state index contributed by atoms with van der Waals surface area (Å²) in [7, 11) is 0. The number of carbonyl (C=O) groups is 2. The molecule has 6 nitrogen and oxygen atoms in total. The van der Waals surface area contributed by atoms with E-state index in [9.17, 15) is 9.59 Å². The average Bonchev–Trinajstić information content (AvgIpc) is 2.79. The van der Waals surface area contributed by atoms with E-state index in [0.29, 0.717) is 31.3 Å². The first-order valence-electron chi connectivity index (χ1n) is 8.97. The first-order chi connectivity index (χ1) is 12.2. The minimum absolute atomic E-state index is 0.0267. The van der Waals surface area contributed by atoms with Crippen LogP contribution in [0.5, 0.6) is 0 Å². The maximum absolute atomic E-state index is 12.6. The fraction of sp³-hybridized carbons (Fsp3) is 0.526. The zero-order valence-corrected chi connectivity index (χ0v) is 14.6. The van der Waals surface area contributed by atoms with Crippen molar-refractivity contribution in [2.75, 3.05) is 26.2 Å². The smallest absolute Gasteiger partial charge is 0.317 e. The summed E-state index contributed by atoms with van der Waals surface area (Å²) in [4.78, 5) is 32.8. The van der Waals surface area contributed by atoms with Gasteiger partial charge in [0, 0.05) is 51.5 Å². The maximum atomic E-state index is 12.6. The molecule has 25 heavy (non-hydrogen) atoms. The number of aromatic nitrogens is 1. The van der Waals surface area contributed by atoms with Crippen molar-refractivity contribution in [1.29, 1.82) is 0 Å². The van der Waals surface area contributed by atoms with Gasteiger partial charge in [0.15, 0.2) is 0 Å². The van der Waals surface area contributed by atoms with Gasteiger partial charge in [-0.25, -0.2) is 4.79 Å². The number of likely N-dealkylation sites (tertiary alicyclic amines) is 2. The number of urea groups is 1. The van der Waals surface area contributed by atoms with E-state index < -0.39 is 0 Å². The molecule has 3 amide bonds. The van der Waals surface area contributed by atoms with Gasteiger partial charge in [-0.1, -0.05) is 12.1 Å². The number of carbonyl (C=O) groups excluding carboxylic acids is 2. The van der Waals surface area contributed by atoms with Gasteiger partial charge in [-0.3, -0.25) is 9.78 Å². The molecule has 0 bridgehead atoms. The number of nitrogens with zero attached hydrogens (tertiary/aromatic N) is 3. The van der Waals surface area contributed by atoms with E-state index in [1.807, 2.05) is 28.1 Å². The third-order valence-corrected chi connectivity index (χ3v) is 5.23. The lowest BCUT2D eigenvalue weighted by Crippen LogP contribution is -2.48. The molecule has 0 saturated carbocycles. The van der Waals surface area contributed by atoms with Gasteiger partial charge in [-0.2, -0.15) is 0 Å². The highest BCUT2D eigenvalue weighted by molar-refractivity contribution is 5.77. The molecule has 0 radical (unpaired) electrons. The highest BCUT2D eigenvalue weighted by Gasteiger charge is 2.36. The second-order valence-electron chi connectivity index (χ2n) is 6.90. The minimum Gasteiger partial charge on any atom is -0.338 e. The molecule has 2 unspecified atom stereocenters. The predicted molar refractivity (Wildman–Crippen MR) is 95.7 cm³/mol. The maximum Gasteiger partial charge on any atom is 0.317 e. The van der Waals surface area contributed by atoms with Crippen molar-refractivity contribution in [3.05, 3.63) is 42.7 Å². The molecule has 1 aromatic heterocycles.